The molecule has 0 fully saturated rings. The molecule has 0 aliphatic rings. The van der Waals surface area contributed by atoms with Crippen LogP contribution in [0.2, 0.25) is 0 Å². The second-order valence-electron chi connectivity index (χ2n) is 5.45. The minimum absolute atomic E-state index is 0.139. The predicted molar refractivity (Wildman–Crippen MR) is 74.8 cm³/mol. The van der Waals surface area contributed by atoms with E-state index in [0.717, 1.165) is 6.42 Å². The quantitative estimate of drug-likeness (QED) is 0.706. The van der Waals surface area contributed by atoms with Crippen LogP contribution in [0.25, 0.3) is 0 Å². The van der Waals surface area contributed by atoms with Gasteiger partial charge in [0.25, 0.3) is 0 Å². The molecule has 0 heterocycles. The molecule has 0 aromatic carbocycles. The summed E-state index contributed by atoms with van der Waals surface area (Å²) >= 11 is 0. The van der Waals surface area contributed by atoms with E-state index in [9.17, 15) is 5.11 Å². The summed E-state index contributed by atoms with van der Waals surface area (Å²) in [5, 5.41) is 18.1. The Morgan fingerprint density at radius 2 is 1.28 bits per heavy atom. The fourth-order valence-corrected chi connectivity index (χ4v) is 0.797. The first-order valence-electron chi connectivity index (χ1n) is 6.73. The molecule has 2 N–H and O–H groups in total. The number of hydrogen-bond acceptors (Lipinski definition) is 4. The lowest BCUT2D eigenvalue weighted by Crippen LogP contribution is -2.36. The maximum Gasteiger partial charge on any atom is 0.108 e. The van der Waals surface area contributed by atoms with Gasteiger partial charge in [-0.3, -0.25) is 0 Å². The molecule has 0 rings (SSSR count). The fourth-order valence-electron chi connectivity index (χ4n) is 0.797. The number of ether oxygens (including phenoxy) is 2. The van der Waals surface area contributed by atoms with Crippen molar-refractivity contribution in [1.29, 1.82) is 0 Å². The van der Waals surface area contributed by atoms with Crippen molar-refractivity contribution >= 4 is 0 Å². The standard InChI is InChI=1S/C8H18O3.C6H14O/c1-4-10-6-8(3,9)7-11-5-2;1-4-6(2,3)5-7/h9H,4-7H2,1-3H3;7H,4-5H2,1-3H3. The summed E-state index contributed by atoms with van der Waals surface area (Å²) < 4.78 is 10.1. The van der Waals surface area contributed by atoms with E-state index >= 15 is 0 Å². The highest BCUT2D eigenvalue weighted by Gasteiger charge is 2.20. The Labute approximate surface area is 112 Å². The van der Waals surface area contributed by atoms with Gasteiger partial charge < -0.3 is 19.7 Å². The minimum atomic E-state index is -0.841. The average molecular weight is 264 g/mol. The smallest absolute Gasteiger partial charge is 0.108 e. The summed E-state index contributed by atoms with van der Waals surface area (Å²) in [5.41, 5.74) is -0.702. The number of hydrogen-bond donors (Lipinski definition) is 2. The summed E-state index contributed by atoms with van der Waals surface area (Å²) in [4.78, 5) is 0. The van der Waals surface area contributed by atoms with Gasteiger partial charge >= 0.3 is 0 Å². The first-order chi connectivity index (χ1) is 8.24. The second kappa shape index (κ2) is 10.7. The zero-order valence-electron chi connectivity index (χ0n) is 13.0. The number of aliphatic hydroxyl groups is 2. The van der Waals surface area contributed by atoms with E-state index in [1.165, 1.54) is 0 Å². The topological polar surface area (TPSA) is 58.9 Å². The van der Waals surface area contributed by atoms with Crippen LogP contribution in [-0.2, 0) is 9.47 Å². The molecule has 0 spiro atoms. The lowest BCUT2D eigenvalue weighted by molar-refractivity contribution is -0.0804. The summed E-state index contributed by atoms with van der Waals surface area (Å²) in [5.74, 6) is 0. The predicted octanol–water partition coefficient (Wildman–Crippen LogP) is 2.23. The maximum atomic E-state index is 9.53. The summed E-state index contributed by atoms with van der Waals surface area (Å²) in [6, 6.07) is 0. The van der Waals surface area contributed by atoms with Crippen molar-refractivity contribution in [2.75, 3.05) is 33.0 Å². The maximum absolute atomic E-state index is 9.53. The molecule has 0 saturated carbocycles. The largest absolute Gasteiger partial charge is 0.396 e. The van der Waals surface area contributed by atoms with Crippen molar-refractivity contribution in [3.8, 4) is 0 Å². The molecule has 0 aromatic heterocycles. The van der Waals surface area contributed by atoms with Crippen molar-refractivity contribution in [3.63, 3.8) is 0 Å². The van der Waals surface area contributed by atoms with Crippen LogP contribution < -0.4 is 0 Å². The third kappa shape index (κ3) is 13.9. The van der Waals surface area contributed by atoms with Crippen molar-refractivity contribution in [2.24, 2.45) is 5.41 Å². The molecule has 0 bridgehead atoms. The Hall–Kier alpha value is -0.160. The molecule has 0 aliphatic carbocycles. The fraction of sp³-hybridized carbons (Fsp3) is 1.00. The Morgan fingerprint density at radius 3 is 1.44 bits per heavy atom. The van der Waals surface area contributed by atoms with Crippen molar-refractivity contribution in [3.05, 3.63) is 0 Å². The Balaban J connectivity index is 0. The van der Waals surface area contributed by atoms with Crippen molar-refractivity contribution < 1.29 is 19.7 Å². The van der Waals surface area contributed by atoms with Gasteiger partial charge in [-0.25, -0.2) is 0 Å². The monoisotopic (exact) mass is 264 g/mol. The van der Waals surface area contributed by atoms with Gasteiger partial charge in [0.2, 0.25) is 0 Å². The van der Waals surface area contributed by atoms with E-state index in [-0.39, 0.29) is 5.41 Å². The highest BCUT2D eigenvalue weighted by Crippen LogP contribution is 2.16. The van der Waals surface area contributed by atoms with Gasteiger partial charge in [0.1, 0.15) is 5.60 Å². The first-order valence-corrected chi connectivity index (χ1v) is 6.73. The van der Waals surface area contributed by atoms with Crippen LogP contribution in [0.4, 0.5) is 0 Å². The van der Waals surface area contributed by atoms with E-state index in [1.54, 1.807) is 6.92 Å². The van der Waals surface area contributed by atoms with Gasteiger partial charge in [-0.15, -0.1) is 0 Å². The SMILES string of the molecule is CCC(C)(C)CO.CCOCC(C)(O)COCC. The molecule has 0 atom stereocenters. The van der Waals surface area contributed by atoms with Crippen LogP contribution in [0.1, 0.15) is 48.0 Å². The molecule has 18 heavy (non-hydrogen) atoms. The molecule has 112 valence electrons. The van der Waals surface area contributed by atoms with Gasteiger partial charge in [-0.1, -0.05) is 20.8 Å². The number of aliphatic hydroxyl groups excluding tert-OH is 1. The average Bonchev–Trinajstić information content (AvgIpc) is 2.35. The van der Waals surface area contributed by atoms with E-state index < -0.39 is 5.60 Å². The molecule has 4 nitrogen and oxygen atoms in total. The molecular weight excluding hydrogens is 232 g/mol. The van der Waals surface area contributed by atoms with Crippen LogP contribution in [0.15, 0.2) is 0 Å². The highest BCUT2D eigenvalue weighted by atomic mass is 16.5. The first kappa shape index (κ1) is 20.2. The molecule has 0 aromatic rings. The van der Waals surface area contributed by atoms with Crippen molar-refractivity contribution in [1.82, 2.24) is 0 Å². The third-order valence-corrected chi connectivity index (χ3v) is 2.62. The Morgan fingerprint density at radius 1 is 0.889 bits per heavy atom. The van der Waals surface area contributed by atoms with Crippen LogP contribution in [0, 0.1) is 5.41 Å². The van der Waals surface area contributed by atoms with Crippen LogP contribution in [0.3, 0.4) is 0 Å². The van der Waals surface area contributed by atoms with Crippen molar-refractivity contribution in [2.45, 2.75) is 53.6 Å². The van der Waals surface area contributed by atoms with Gasteiger partial charge in [-0.2, -0.15) is 0 Å². The molecule has 0 amide bonds. The third-order valence-electron chi connectivity index (χ3n) is 2.62. The summed E-state index contributed by atoms with van der Waals surface area (Å²) in [6.07, 6.45) is 1.05. The Bertz CT molecular complexity index is 163. The minimum Gasteiger partial charge on any atom is -0.396 e. The zero-order chi connectivity index (χ0) is 14.7. The molecule has 0 aliphatic heterocycles. The van der Waals surface area contributed by atoms with E-state index in [2.05, 4.69) is 6.92 Å². The zero-order valence-corrected chi connectivity index (χ0v) is 13.0. The van der Waals surface area contributed by atoms with Crippen LogP contribution >= 0.6 is 0 Å². The van der Waals surface area contributed by atoms with Gasteiger partial charge in [-0.05, 0) is 32.6 Å². The molecule has 0 unspecified atom stereocenters. The van der Waals surface area contributed by atoms with Gasteiger partial charge in [0.05, 0.1) is 13.2 Å². The second-order valence-corrected chi connectivity index (χ2v) is 5.45. The van der Waals surface area contributed by atoms with E-state index in [0.29, 0.717) is 33.0 Å². The van der Waals surface area contributed by atoms with Crippen LogP contribution in [-0.4, -0.2) is 48.8 Å². The molecule has 4 heteroatoms. The highest BCUT2D eigenvalue weighted by molar-refractivity contribution is 4.70. The summed E-state index contributed by atoms with van der Waals surface area (Å²) in [6.45, 7) is 13.9. The molecular formula is C14H32O4. The van der Waals surface area contributed by atoms with E-state index in [1.807, 2.05) is 27.7 Å². The molecule has 0 saturated heterocycles. The van der Waals surface area contributed by atoms with Gasteiger partial charge in [0.15, 0.2) is 0 Å². The normalized spacial score (nSPS) is 12.0. The summed E-state index contributed by atoms with van der Waals surface area (Å²) in [7, 11) is 0. The van der Waals surface area contributed by atoms with Crippen LogP contribution in [0.5, 0.6) is 0 Å². The Kier molecular flexibility index (Phi) is 12.0. The van der Waals surface area contributed by atoms with E-state index in [4.69, 9.17) is 14.6 Å². The number of rotatable bonds is 8. The molecule has 0 radical (unpaired) electrons. The lowest BCUT2D eigenvalue weighted by Gasteiger charge is -2.22. The van der Waals surface area contributed by atoms with Gasteiger partial charge in [0, 0.05) is 19.8 Å². The lowest BCUT2D eigenvalue weighted by atomic mass is 9.92.